The third-order valence-corrected chi connectivity index (χ3v) is 10.1. The summed E-state index contributed by atoms with van der Waals surface area (Å²) in [5.74, 6) is -0.0106. The average molecular weight is 485 g/mol. The van der Waals surface area contributed by atoms with E-state index in [1.54, 1.807) is 0 Å². The van der Waals surface area contributed by atoms with Gasteiger partial charge in [-0.15, -0.1) is 0 Å². The zero-order valence-electron chi connectivity index (χ0n) is 19.0. The molecule has 0 radical (unpaired) electrons. The van der Waals surface area contributed by atoms with Gasteiger partial charge >= 0.3 is 12.4 Å². The number of fused-ring (bicyclic) bond motifs is 5. The highest BCUT2D eigenvalue weighted by molar-refractivity contribution is 5.25. The zero-order chi connectivity index (χ0) is 24.6. The molecule has 4 aliphatic carbocycles. The molecule has 0 saturated heterocycles. The quantitative estimate of drug-likeness (QED) is 0.365. The van der Waals surface area contributed by atoms with Crippen LogP contribution in [-0.4, -0.2) is 45.5 Å². The Morgan fingerprint density at radius 2 is 1.61 bits per heavy atom. The summed E-state index contributed by atoms with van der Waals surface area (Å²) in [5.41, 5.74) is -4.26. The molecule has 3 nitrogen and oxygen atoms in total. The van der Waals surface area contributed by atoms with Crippen molar-refractivity contribution in [3.8, 4) is 0 Å². The van der Waals surface area contributed by atoms with E-state index in [1.165, 1.54) is 5.57 Å². The minimum Gasteiger partial charge on any atom is -0.393 e. The molecule has 33 heavy (non-hydrogen) atoms. The van der Waals surface area contributed by atoms with Crippen LogP contribution in [0, 0.1) is 34.5 Å². The van der Waals surface area contributed by atoms with Crippen molar-refractivity contribution in [2.75, 3.05) is 0 Å². The Bertz CT molecular complexity index is 778. The van der Waals surface area contributed by atoms with Crippen LogP contribution in [0.15, 0.2) is 11.6 Å². The summed E-state index contributed by atoms with van der Waals surface area (Å²) < 4.78 is 79.3. The fourth-order valence-electron chi connectivity index (χ4n) is 8.15. The van der Waals surface area contributed by atoms with E-state index in [1.807, 2.05) is 6.92 Å². The van der Waals surface area contributed by atoms with E-state index >= 15 is 0 Å². The fourth-order valence-corrected chi connectivity index (χ4v) is 8.15. The summed E-state index contributed by atoms with van der Waals surface area (Å²) in [5, 5.41) is 30.4. The largest absolute Gasteiger partial charge is 0.426 e. The average Bonchev–Trinajstić information content (AvgIpc) is 3.04. The molecule has 4 rings (SSSR count). The van der Waals surface area contributed by atoms with Crippen molar-refractivity contribution in [2.45, 2.75) is 102 Å². The topological polar surface area (TPSA) is 60.7 Å². The number of alkyl halides is 6. The molecule has 8 unspecified atom stereocenters. The molecule has 3 N–H and O–H groups in total. The van der Waals surface area contributed by atoms with Crippen LogP contribution in [0.3, 0.4) is 0 Å². The number of rotatable bonds is 3. The van der Waals surface area contributed by atoms with Crippen LogP contribution in [0.2, 0.25) is 0 Å². The molecule has 0 spiro atoms. The predicted octanol–water partition coefficient (Wildman–Crippen LogP) is 5.53. The number of allylic oxidation sites excluding steroid dienone is 1. The van der Waals surface area contributed by atoms with Gasteiger partial charge in [-0.2, -0.15) is 26.3 Å². The Hall–Kier alpha value is -0.800. The maximum Gasteiger partial charge on any atom is 0.426 e. The Balaban J connectivity index is 1.57. The number of hydrogen-bond donors (Lipinski definition) is 3. The first kappa shape index (κ1) is 25.3. The number of aliphatic hydroxyl groups is 3. The van der Waals surface area contributed by atoms with Crippen molar-refractivity contribution in [3.05, 3.63) is 11.6 Å². The van der Waals surface area contributed by atoms with Gasteiger partial charge in [-0.1, -0.05) is 25.5 Å². The molecule has 0 aromatic carbocycles. The van der Waals surface area contributed by atoms with Crippen molar-refractivity contribution < 1.29 is 41.7 Å². The van der Waals surface area contributed by atoms with Crippen molar-refractivity contribution in [1.29, 1.82) is 0 Å². The Morgan fingerprint density at radius 1 is 0.970 bits per heavy atom. The van der Waals surface area contributed by atoms with Gasteiger partial charge in [0.2, 0.25) is 0 Å². The summed E-state index contributed by atoms with van der Waals surface area (Å²) in [7, 11) is 0. The SMILES string of the molecule is CC12CCC(O)CC1=CCC1C2CCC2(C)C(C(O)CC(O)(C(F)(F)F)C(F)(F)F)CCC12. The molecule has 0 aromatic rings. The molecular formula is C24H34F6O3. The lowest BCUT2D eigenvalue weighted by atomic mass is 9.47. The van der Waals surface area contributed by atoms with E-state index in [9.17, 15) is 41.7 Å². The van der Waals surface area contributed by atoms with Crippen LogP contribution in [0.5, 0.6) is 0 Å². The van der Waals surface area contributed by atoms with E-state index < -0.39 is 41.8 Å². The molecular weight excluding hydrogens is 450 g/mol. The van der Waals surface area contributed by atoms with Gasteiger partial charge in [-0.25, -0.2) is 0 Å². The summed E-state index contributed by atoms with van der Waals surface area (Å²) in [6, 6.07) is 0. The molecule has 0 aliphatic heterocycles. The van der Waals surface area contributed by atoms with Gasteiger partial charge in [0.15, 0.2) is 0 Å². The van der Waals surface area contributed by atoms with Gasteiger partial charge in [0.1, 0.15) is 0 Å². The summed E-state index contributed by atoms with van der Waals surface area (Å²) in [6.45, 7) is 4.14. The van der Waals surface area contributed by atoms with Crippen LogP contribution < -0.4 is 0 Å². The van der Waals surface area contributed by atoms with Crippen LogP contribution in [0.1, 0.15) is 71.6 Å². The molecule has 190 valence electrons. The first-order valence-electron chi connectivity index (χ1n) is 12.0. The minimum absolute atomic E-state index is 0.0347. The van der Waals surface area contributed by atoms with Gasteiger partial charge in [-0.05, 0) is 85.9 Å². The lowest BCUT2D eigenvalue weighted by Crippen LogP contribution is -2.59. The van der Waals surface area contributed by atoms with E-state index in [0.29, 0.717) is 31.6 Å². The van der Waals surface area contributed by atoms with Crippen molar-refractivity contribution >= 4 is 0 Å². The van der Waals surface area contributed by atoms with Gasteiger partial charge in [-0.3, -0.25) is 0 Å². The number of hydrogen-bond acceptors (Lipinski definition) is 3. The zero-order valence-corrected chi connectivity index (χ0v) is 19.0. The van der Waals surface area contributed by atoms with Crippen LogP contribution in [0.4, 0.5) is 26.3 Å². The second-order valence-electron chi connectivity index (χ2n) is 11.5. The summed E-state index contributed by atoms with van der Waals surface area (Å²) in [4.78, 5) is 0. The molecule has 3 fully saturated rings. The number of aliphatic hydroxyl groups excluding tert-OH is 2. The molecule has 0 heterocycles. The lowest BCUT2D eigenvalue weighted by molar-refractivity contribution is -0.375. The first-order chi connectivity index (χ1) is 15.0. The van der Waals surface area contributed by atoms with E-state index in [2.05, 4.69) is 13.0 Å². The standard InChI is InChI=1S/C24H34F6O3/c1-20-9-7-14(31)11-13(20)3-4-15-16-5-6-18(21(16,2)10-8-17(15)20)19(32)12-22(33,23(25,26)27)24(28,29)30/h3,14-19,31-33H,4-12H2,1-2H3. The predicted molar refractivity (Wildman–Crippen MR) is 109 cm³/mol. The molecule has 0 aromatic heterocycles. The molecule has 4 aliphatic rings. The highest BCUT2D eigenvalue weighted by Gasteiger charge is 2.71. The smallest absolute Gasteiger partial charge is 0.393 e. The minimum atomic E-state index is -5.92. The fraction of sp³-hybridized carbons (Fsp3) is 0.917. The maximum atomic E-state index is 13.2. The van der Waals surface area contributed by atoms with E-state index in [-0.39, 0.29) is 23.4 Å². The van der Waals surface area contributed by atoms with E-state index in [4.69, 9.17) is 0 Å². The van der Waals surface area contributed by atoms with Crippen molar-refractivity contribution in [1.82, 2.24) is 0 Å². The van der Waals surface area contributed by atoms with Gasteiger partial charge in [0, 0.05) is 6.42 Å². The number of halogens is 6. The van der Waals surface area contributed by atoms with Gasteiger partial charge < -0.3 is 15.3 Å². The monoisotopic (exact) mass is 484 g/mol. The highest BCUT2D eigenvalue weighted by atomic mass is 19.4. The van der Waals surface area contributed by atoms with E-state index in [0.717, 1.165) is 25.7 Å². The Labute approximate surface area is 190 Å². The normalized spacial score (nSPS) is 42.8. The first-order valence-corrected chi connectivity index (χ1v) is 12.0. The van der Waals surface area contributed by atoms with Gasteiger partial charge in [0.05, 0.1) is 12.2 Å². The van der Waals surface area contributed by atoms with Gasteiger partial charge in [0.25, 0.3) is 5.60 Å². The molecule has 8 atom stereocenters. The Kier molecular flexibility index (Phi) is 6.02. The molecule has 9 heteroatoms. The van der Waals surface area contributed by atoms with Crippen LogP contribution >= 0.6 is 0 Å². The molecule has 0 amide bonds. The summed E-state index contributed by atoms with van der Waals surface area (Å²) >= 11 is 0. The van der Waals surface area contributed by atoms with Crippen molar-refractivity contribution in [2.24, 2.45) is 34.5 Å². The highest BCUT2D eigenvalue weighted by Crippen LogP contribution is 2.67. The summed E-state index contributed by atoms with van der Waals surface area (Å²) in [6.07, 6.45) is -8.18. The van der Waals surface area contributed by atoms with Crippen molar-refractivity contribution in [3.63, 3.8) is 0 Å². The Morgan fingerprint density at radius 3 is 2.21 bits per heavy atom. The second-order valence-corrected chi connectivity index (χ2v) is 11.5. The molecule has 3 saturated carbocycles. The third-order valence-electron chi connectivity index (χ3n) is 10.1. The van der Waals surface area contributed by atoms with Crippen LogP contribution in [-0.2, 0) is 0 Å². The third kappa shape index (κ3) is 3.75. The molecule has 0 bridgehead atoms. The second kappa shape index (κ2) is 7.85. The van der Waals surface area contributed by atoms with Crippen LogP contribution in [0.25, 0.3) is 0 Å². The lowest BCUT2D eigenvalue weighted by Gasteiger charge is -2.58. The maximum absolute atomic E-state index is 13.2.